The molecule has 1 aromatic rings. The van der Waals surface area contributed by atoms with Gasteiger partial charge in [0.05, 0.1) is 0 Å². The Labute approximate surface area is 89.6 Å². The van der Waals surface area contributed by atoms with E-state index in [0.717, 1.165) is 17.3 Å². The molecule has 0 bridgehead atoms. The highest BCUT2D eigenvalue weighted by atomic mass is 16.4. The summed E-state index contributed by atoms with van der Waals surface area (Å²) in [5.74, 6) is -0.938. The first-order chi connectivity index (χ1) is 7.00. The second kappa shape index (κ2) is 4.64. The van der Waals surface area contributed by atoms with Gasteiger partial charge in [-0.15, -0.1) is 0 Å². The Morgan fingerprint density at radius 3 is 2.60 bits per heavy atom. The van der Waals surface area contributed by atoms with Crippen molar-refractivity contribution in [2.75, 3.05) is 11.9 Å². The van der Waals surface area contributed by atoms with Crippen LogP contribution in [0.2, 0.25) is 0 Å². The van der Waals surface area contributed by atoms with E-state index in [-0.39, 0.29) is 0 Å². The van der Waals surface area contributed by atoms with Crippen LogP contribution in [0.5, 0.6) is 0 Å². The van der Waals surface area contributed by atoms with E-state index in [4.69, 9.17) is 5.11 Å². The molecule has 0 aromatic heterocycles. The third-order valence-electron chi connectivity index (χ3n) is 2.17. The number of rotatable bonds is 3. The van der Waals surface area contributed by atoms with Gasteiger partial charge in [-0.05, 0) is 25.5 Å². The summed E-state index contributed by atoms with van der Waals surface area (Å²) in [5.41, 5.74) is 3.34. The zero-order valence-electron chi connectivity index (χ0n) is 9.19. The standard InChI is InChI=1S/C12H15NO2/c1-9-4-5-11(10(2)8-9)13(3)7-6-12(14)15/h4-8H,1-3H3,(H,14,15). The van der Waals surface area contributed by atoms with Gasteiger partial charge in [-0.3, -0.25) is 0 Å². The average molecular weight is 205 g/mol. The molecule has 0 spiro atoms. The Morgan fingerprint density at radius 2 is 2.07 bits per heavy atom. The number of nitrogens with zero attached hydrogens (tertiary/aromatic N) is 1. The molecule has 80 valence electrons. The summed E-state index contributed by atoms with van der Waals surface area (Å²) in [7, 11) is 1.83. The van der Waals surface area contributed by atoms with Gasteiger partial charge in [-0.1, -0.05) is 17.7 Å². The fraction of sp³-hybridized carbons (Fsp3) is 0.250. The molecule has 0 unspecified atom stereocenters. The highest BCUT2D eigenvalue weighted by Crippen LogP contribution is 2.19. The Morgan fingerprint density at radius 1 is 1.40 bits per heavy atom. The fourth-order valence-corrected chi connectivity index (χ4v) is 1.46. The van der Waals surface area contributed by atoms with Crippen LogP contribution in [-0.4, -0.2) is 18.1 Å². The van der Waals surface area contributed by atoms with Crippen LogP contribution >= 0.6 is 0 Å². The minimum Gasteiger partial charge on any atom is -0.478 e. The van der Waals surface area contributed by atoms with Crippen LogP contribution in [0, 0.1) is 13.8 Å². The predicted octanol–water partition coefficient (Wildman–Crippen LogP) is 2.34. The van der Waals surface area contributed by atoms with Gasteiger partial charge in [0.15, 0.2) is 0 Å². The van der Waals surface area contributed by atoms with Gasteiger partial charge in [-0.25, -0.2) is 4.79 Å². The molecule has 0 aliphatic heterocycles. The van der Waals surface area contributed by atoms with Crippen molar-refractivity contribution in [2.24, 2.45) is 0 Å². The minimum atomic E-state index is -0.938. The first kappa shape index (κ1) is 11.3. The summed E-state index contributed by atoms with van der Waals surface area (Å²) in [5, 5.41) is 8.51. The smallest absolute Gasteiger partial charge is 0.329 e. The van der Waals surface area contributed by atoms with Crippen LogP contribution in [0.1, 0.15) is 11.1 Å². The van der Waals surface area contributed by atoms with Crippen LogP contribution in [0.15, 0.2) is 30.5 Å². The molecular formula is C12H15NO2. The van der Waals surface area contributed by atoms with Gasteiger partial charge in [0, 0.05) is 25.0 Å². The van der Waals surface area contributed by atoms with Crippen LogP contribution < -0.4 is 4.90 Å². The molecule has 3 nitrogen and oxygen atoms in total. The van der Waals surface area contributed by atoms with E-state index < -0.39 is 5.97 Å². The average Bonchev–Trinajstić information content (AvgIpc) is 2.14. The summed E-state index contributed by atoms with van der Waals surface area (Å²) in [6.45, 7) is 4.04. The molecule has 0 saturated heterocycles. The molecular weight excluding hydrogens is 190 g/mol. The van der Waals surface area contributed by atoms with E-state index in [1.54, 1.807) is 11.1 Å². The van der Waals surface area contributed by atoms with Crippen molar-refractivity contribution in [1.29, 1.82) is 0 Å². The Bertz CT molecular complexity index is 397. The third-order valence-corrected chi connectivity index (χ3v) is 2.17. The van der Waals surface area contributed by atoms with Crippen LogP contribution in [-0.2, 0) is 4.79 Å². The maximum absolute atomic E-state index is 10.4. The van der Waals surface area contributed by atoms with Gasteiger partial charge >= 0.3 is 5.97 Å². The lowest BCUT2D eigenvalue weighted by Crippen LogP contribution is -2.10. The van der Waals surface area contributed by atoms with Gasteiger partial charge in [0.25, 0.3) is 0 Å². The molecule has 3 heteroatoms. The van der Waals surface area contributed by atoms with E-state index in [1.807, 2.05) is 33.0 Å². The molecule has 1 N–H and O–H groups in total. The summed E-state index contributed by atoms with van der Waals surface area (Å²) in [6.07, 6.45) is 2.67. The van der Waals surface area contributed by atoms with Gasteiger partial charge in [-0.2, -0.15) is 0 Å². The number of hydrogen-bond donors (Lipinski definition) is 1. The molecule has 15 heavy (non-hydrogen) atoms. The van der Waals surface area contributed by atoms with Crippen molar-refractivity contribution in [3.63, 3.8) is 0 Å². The van der Waals surface area contributed by atoms with Crippen LogP contribution in [0.4, 0.5) is 5.69 Å². The highest BCUT2D eigenvalue weighted by Gasteiger charge is 2.01. The molecule has 0 aliphatic carbocycles. The van der Waals surface area contributed by atoms with Crippen LogP contribution in [0.25, 0.3) is 0 Å². The van der Waals surface area contributed by atoms with E-state index in [9.17, 15) is 4.79 Å². The van der Waals surface area contributed by atoms with E-state index in [0.29, 0.717) is 0 Å². The second-order valence-corrected chi connectivity index (χ2v) is 3.55. The van der Waals surface area contributed by atoms with Gasteiger partial charge in [0.1, 0.15) is 0 Å². The molecule has 0 amide bonds. The van der Waals surface area contributed by atoms with Crippen molar-refractivity contribution in [2.45, 2.75) is 13.8 Å². The van der Waals surface area contributed by atoms with E-state index >= 15 is 0 Å². The SMILES string of the molecule is Cc1ccc(N(C)C=CC(=O)O)c(C)c1. The summed E-state index contributed by atoms with van der Waals surface area (Å²) in [6, 6.07) is 6.06. The molecule has 0 saturated carbocycles. The molecule has 0 fully saturated rings. The summed E-state index contributed by atoms with van der Waals surface area (Å²) < 4.78 is 0. The lowest BCUT2D eigenvalue weighted by molar-refractivity contribution is -0.131. The molecule has 0 aliphatic rings. The second-order valence-electron chi connectivity index (χ2n) is 3.55. The number of carbonyl (C=O) groups is 1. The normalized spacial score (nSPS) is 10.6. The van der Waals surface area contributed by atoms with Gasteiger partial charge < -0.3 is 10.0 Å². The van der Waals surface area contributed by atoms with Crippen molar-refractivity contribution in [3.8, 4) is 0 Å². The molecule has 0 heterocycles. The van der Waals surface area contributed by atoms with Crippen molar-refractivity contribution >= 4 is 11.7 Å². The quantitative estimate of drug-likeness (QED) is 0.770. The van der Waals surface area contributed by atoms with Gasteiger partial charge in [0.2, 0.25) is 0 Å². The zero-order valence-corrected chi connectivity index (χ0v) is 9.19. The number of carboxylic acid groups (broad SMARTS) is 1. The van der Waals surface area contributed by atoms with Crippen molar-refractivity contribution in [3.05, 3.63) is 41.6 Å². The monoisotopic (exact) mass is 205 g/mol. The lowest BCUT2D eigenvalue weighted by atomic mass is 10.1. The Balaban J connectivity index is 2.91. The first-order valence-corrected chi connectivity index (χ1v) is 4.72. The van der Waals surface area contributed by atoms with E-state index in [2.05, 4.69) is 6.07 Å². The van der Waals surface area contributed by atoms with Crippen LogP contribution in [0.3, 0.4) is 0 Å². The predicted molar refractivity (Wildman–Crippen MR) is 61.1 cm³/mol. The maximum atomic E-state index is 10.4. The molecule has 0 atom stereocenters. The first-order valence-electron chi connectivity index (χ1n) is 4.72. The number of anilines is 1. The number of hydrogen-bond acceptors (Lipinski definition) is 2. The highest BCUT2D eigenvalue weighted by molar-refractivity contribution is 5.80. The molecule has 0 radical (unpaired) electrons. The number of aryl methyl sites for hydroxylation is 2. The summed E-state index contributed by atoms with van der Waals surface area (Å²) in [4.78, 5) is 12.2. The Hall–Kier alpha value is -1.77. The largest absolute Gasteiger partial charge is 0.478 e. The molecule has 1 rings (SSSR count). The van der Waals surface area contributed by atoms with Crippen molar-refractivity contribution < 1.29 is 9.90 Å². The Kier molecular flexibility index (Phi) is 3.50. The topological polar surface area (TPSA) is 40.5 Å². The lowest BCUT2D eigenvalue weighted by Gasteiger charge is -2.16. The molecule has 1 aromatic carbocycles. The number of aliphatic carboxylic acids is 1. The zero-order chi connectivity index (χ0) is 11.4. The van der Waals surface area contributed by atoms with E-state index in [1.165, 1.54) is 5.56 Å². The summed E-state index contributed by atoms with van der Waals surface area (Å²) >= 11 is 0. The fourth-order valence-electron chi connectivity index (χ4n) is 1.46. The number of benzene rings is 1. The maximum Gasteiger partial charge on any atom is 0.329 e. The third kappa shape index (κ3) is 3.13. The number of carboxylic acids is 1. The minimum absolute atomic E-state index is 0.938. The van der Waals surface area contributed by atoms with Crippen molar-refractivity contribution in [1.82, 2.24) is 0 Å².